The van der Waals surface area contributed by atoms with E-state index in [4.69, 9.17) is 4.74 Å². The van der Waals surface area contributed by atoms with E-state index in [1.54, 1.807) is 36.4 Å². The Labute approximate surface area is 236 Å². The molecule has 4 aromatic carbocycles. The number of ether oxygens (including phenoxy) is 1. The van der Waals surface area contributed by atoms with E-state index >= 15 is 4.39 Å². The number of methoxy groups -OCH3 is 1. The summed E-state index contributed by atoms with van der Waals surface area (Å²) in [6.45, 7) is 0. The zero-order valence-corrected chi connectivity index (χ0v) is 22.1. The van der Waals surface area contributed by atoms with Gasteiger partial charge in [0.1, 0.15) is 23.0 Å². The molecule has 6 nitrogen and oxygen atoms in total. The molecule has 7 heteroatoms. The van der Waals surface area contributed by atoms with E-state index in [2.05, 4.69) is 5.32 Å². The quantitative estimate of drug-likeness (QED) is 0.327. The van der Waals surface area contributed by atoms with E-state index in [-0.39, 0.29) is 11.3 Å². The van der Waals surface area contributed by atoms with Crippen LogP contribution in [0.5, 0.6) is 5.75 Å². The number of Topliss-reactive ketones (excluding diaryl/α,β-unsaturated/α-hetero) is 2. The molecule has 1 N–H and O–H groups in total. The fraction of sp³-hybridized carbons (Fsp3) is 0.147. The number of halogens is 1. The molecule has 4 aromatic rings. The van der Waals surface area contributed by atoms with Crippen molar-refractivity contribution in [2.75, 3.05) is 17.3 Å². The van der Waals surface area contributed by atoms with Crippen LogP contribution in [0.2, 0.25) is 0 Å². The second kappa shape index (κ2) is 9.27. The number of ketones is 2. The van der Waals surface area contributed by atoms with Gasteiger partial charge >= 0.3 is 0 Å². The summed E-state index contributed by atoms with van der Waals surface area (Å²) in [5, 5.41) is 2.98. The Hall–Kier alpha value is -5.04. The number of hydrogen-bond acceptors (Lipinski definition) is 5. The third kappa shape index (κ3) is 3.45. The lowest BCUT2D eigenvalue weighted by molar-refractivity contribution is -0.121. The van der Waals surface area contributed by atoms with Gasteiger partial charge in [0.2, 0.25) is 5.91 Å². The molecule has 1 fully saturated rings. The Bertz CT molecular complexity index is 1780. The standard InChI is InChI=1S/C34H25FN2O4/c1-41-22-11-8-10-21(19-22)31(38)30-29(32(39)23-12-3-5-14-25(23)35)34(24-13-4-6-15-26(24)36-33(34)40)28-18-17-20-9-2-7-16-27(20)37(28)30/h2-19,28-30H,1H3,(H,36,40)/t28-,29-,30+,34+/m1/s1. The minimum Gasteiger partial charge on any atom is -0.497 e. The van der Waals surface area contributed by atoms with E-state index in [9.17, 15) is 14.4 Å². The largest absolute Gasteiger partial charge is 0.497 e. The summed E-state index contributed by atoms with van der Waals surface area (Å²) >= 11 is 0. The van der Waals surface area contributed by atoms with Crippen molar-refractivity contribution in [2.45, 2.75) is 17.5 Å². The van der Waals surface area contributed by atoms with Gasteiger partial charge in [-0.2, -0.15) is 0 Å². The highest BCUT2D eigenvalue weighted by atomic mass is 19.1. The SMILES string of the molecule is COc1cccc(C(=O)[C@@H]2[C@H](C(=O)c3ccccc3F)[C@@]3(C(=O)Nc4ccccc43)[C@H]3C=Cc4ccccc4N23)c1. The van der Waals surface area contributed by atoms with Crippen LogP contribution in [0.1, 0.15) is 31.8 Å². The summed E-state index contributed by atoms with van der Waals surface area (Å²) in [5.74, 6) is -2.82. The average molecular weight is 545 g/mol. The van der Waals surface area contributed by atoms with Crippen LogP contribution in [0.3, 0.4) is 0 Å². The van der Waals surface area contributed by atoms with Crippen molar-refractivity contribution in [2.24, 2.45) is 5.92 Å². The smallest absolute Gasteiger partial charge is 0.238 e. The summed E-state index contributed by atoms with van der Waals surface area (Å²) in [6.07, 6.45) is 3.82. The Morgan fingerprint density at radius 2 is 1.66 bits per heavy atom. The van der Waals surface area contributed by atoms with Crippen molar-refractivity contribution in [3.05, 3.63) is 131 Å². The molecule has 0 saturated carbocycles. The first-order chi connectivity index (χ1) is 20.0. The molecule has 1 spiro atoms. The zero-order chi connectivity index (χ0) is 28.3. The number of carbonyl (C=O) groups excluding carboxylic acids is 3. The van der Waals surface area contributed by atoms with Crippen molar-refractivity contribution in [3.8, 4) is 5.75 Å². The van der Waals surface area contributed by atoms with Crippen molar-refractivity contribution in [1.29, 1.82) is 0 Å². The third-order valence-electron chi connectivity index (χ3n) is 8.59. The van der Waals surface area contributed by atoms with Crippen LogP contribution in [0.4, 0.5) is 15.8 Å². The van der Waals surface area contributed by atoms with Gasteiger partial charge in [0.05, 0.1) is 24.6 Å². The number of benzene rings is 4. The van der Waals surface area contributed by atoms with Gasteiger partial charge in [-0.15, -0.1) is 0 Å². The molecule has 202 valence electrons. The number of rotatable bonds is 5. The highest BCUT2D eigenvalue weighted by Gasteiger charge is 2.70. The molecular formula is C34H25FN2O4. The molecule has 1 amide bonds. The molecule has 3 aliphatic heterocycles. The Balaban J connectivity index is 1.54. The van der Waals surface area contributed by atoms with Crippen molar-refractivity contribution in [3.63, 3.8) is 0 Å². The molecular weight excluding hydrogens is 519 g/mol. The van der Waals surface area contributed by atoms with Gasteiger partial charge in [0.25, 0.3) is 0 Å². The van der Waals surface area contributed by atoms with E-state index < -0.39 is 40.9 Å². The van der Waals surface area contributed by atoms with Gasteiger partial charge in [0, 0.05) is 16.9 Å². The number of hydrogen-bond donors (Lipinski definition) is 1. The Kier molecular flexibility index (Phi) is 5.64. The molecule has 0 aliphatic carbocycles. The van der Waals surface area contributed by atoms with Gasteiger partial charge in [-0.05, 0) is 47.5 Å². The molecule has 1 saturated heterocycles. The van der Waals surface area contributed by atoms with Crippen LogP contribution in [-0.2, 0) is 10.2 Å². The summed E-state index contributed by atoms with van der Waals surface area (Å²) in [4.78, 5) is 45.5. The minimum atomic E-state index is -1.50. The van der Waals surface area contributed by atoms with Crippen molar-refractivity contribution < 1.29 is 23.5 Å². The van der Waals surface area contributed by atoms with E-state index in [1.807, 2.05) is 59.5 Å². The summed E-state index contributed by atoms with van der Waals surface area (Å²) in [7, 11) is 1.51. The number of fused-ring (bicyclic) bond motifs is 6. The van der Waals surface area contributed by atoms with Gasteiger partial charge in [-0.1, -0.05) is 72.8 Å². The van der Waals surface area contributed by atoms with Gasteiger partial charge in [0.15, 0.2) is 11.6 Å². The number of nitrogens with one attached hydrogen (secondary N) is 1. The first kappa shape index (κ1) is 25.0. The maximum absolute atomic E-state index is 15.3. The predicted molar refractivity (Wildman–Crippen MR) is 154 cm³/mol. The lowest BCUT2D eigenvalue weighted by Crippen LogP contribution is -2.51. The summed E-state index contributed by atoms with van der Waals surface area (Å²) in [6, 6.07) is 25.5. The highest BCUT2D eigenvalue weighted by Crippen LogP contribution is 2.58. The lowest BCUT2D eigenvalue weighted by atomic mass is 9.64. The monoisotopic (exact) mass is 544 g/mol. The van der Waals surface area contributed by atoms with E-state index in [0.717, 1.165) is 11.3 Å². The Morgan fingerprint density at radius 1 is 0.902 bits per heavy atom. The summed E-state index contributed by atoms with van der Waals surface area (Å²) in [5.41, 5.74) is 1.43. The number of anilines is 2. The van der Waals surface area contributed by atoms with E-state index in [0.29, 0.717) is 22.6 Å². The molecule has 3 heterocycles. The van der Waals surface area contributed by atoms with Crippen LogP contribution in [0.25, 0.3) is 6.08 Å². The topological polar surface area (TPSA) is 75.7 Å². The van der Waals surface area contributed by atoms with E-state index in [1.165, 1.54) is 25.3 Å². The normalized spacial score (nSPS) is 23.5. The molecule has 4 atom stereocenters. The molecule has 0 unspecified atom stereocenters. The van der Waals surface area contributed by atoms with Crippen molar-refractivity contribution in [1.82, 2.24) is 0 Å². The maximum Gasteiger partial charge on any atom is 0.238 e. The van der Waals surface area contributed by atoms with Crippen LogP contribution in [0, 0.1) is 11.7 Å². The van der Waals surface area contributed by atoms with Crippen LogP contribution < -0.4 is 15.0 Å². The molecule has 3 aliphatic rings. The second-order valence-corrected chi connectivity index (χ2v) is 10.5. The van der Waals surface area contributed by atoms with Crippen LogP contribution in [-0.4, -0.2) is 36.7 Å². The molecule has 41 heavy (non-hydrogen) atoms. The number of amides is 1. The fourth-order valence-electron chi connectivity index (χ4n) is 6.90. The minimum absolute atomic E-state index is 0.158. The van der Waals surface area contributed by atoms with Crippen LogP contribution in [0.15, 0.2) is 103 Å². The van der Waals surface area contributed by atoms with Crippen molar-refractivity contribution >= 4 is 34.9 Å². The second-order valence-electron chi connectivity index (χ2n) is 10.5. The van der Waals surface area contributed by atoms with Gasteiger partial charge < -0.3 is 15.0 Å². The maximum atomic E-state index is 15.3. The Morgan fingerprint density at radius 3 is 2.49 bits per heavy atom. The number of nitrogens with zero attached hydrogens (tertiary/aromatic N) is 1. The average Bonchev–Trinajstić information content (AvgIpc) is 3.49. The predicted octanol–water partition coefficient (Wildman–Crippen LogP) is 5.69. The molecule has 0 aromatic heterocycles. The lowest BCUT2D eigenvalue weighted by Gasteiger charge is -2.37. The van der Waals surface area contributed by atoms with Gasteiger partial charge in [-0.25, -0.2) is 4.39 Å². The zero-order valence-electron chi connectivity index (χ0n) is 22.1. The van der Waals surface area contributed by atoms with Crippen LogP contribution >= 0.6 is 0 Å². The molecule has 0 radical (unpaired) electrons. The first-order valence-corrected chi connectivity index (χ1v) is 13.4. The molecule has 7 rings (SSSR count). The third-order valence-corrected chi connectivity index (χ3v) is 8.59. The summed E-state index contributed by atoms with van der Waals surface area (Å²) < 4.78 is 20.7. The van der Waals surface area contributed by atoms with Gasteiger partial charge in [-0.3, -0.25) is 14.4 Å². The molecule has 0 bridgehead atoms. The number of carbonyl (C=O) groups is 3. The highest BCUT2D eigenvalue weighted by molar-refractivity contribution is 6.18. The fourth-order valence-corrected chi connectivity index (χ4v) is 6.90. The number of para-hydroxylation sites is 2. The first-order valence-electron chi connectivity index (χ1n) is 13.4.